The molecule has 1 aromatic rings. The van der Waals surface area contributed by atoms with Crippen LogP contribution in [0.2, 0.25) is 0 Å². The molecule has 0 heterocycles. The second kappa shape index (κ2) is 10.0. The van der Waals surface area contributed by atoms with E-state index in [1.54, 1.807) is 12.2 Å². The first-order chi connectivity index (χ1) is 13.0. The number of carbonyl (C=O) groups excluding carboxylic acids is 1. The van der Waals surface area contributed by atoms with E-state index in [1.807, 2.05) is 24.3 Å². The van der Waals surface area contributed by atoms with Crippen molar-refractivity contribution in [2.45, 2.75) is 50.6 Å². The number of carboxylic acids is 1. The van der Waals surface area contributed by atoms with Crippen molar-refractivity contribution in [3.05, 3.63) is 54.1 Å². The fourth-order valence-electron chi connectivity index (χ4n) is 3.76. The van der Waals surface area contributed by atoms with Crippen LogP contribution in [0.5, 0.6) is 0 Å². The maximum atomic E-state index is 12.2. The van der Waals surface area contributed by atoms with Crippen LogP contribution in [-0.4, -0.2) is 27.7 Å². The Morgan fingerprint density at radius 3 is 2.41 bits per heavy atom. The van der Waals surface area contributed by atoms with Crippen LogP contribution in [0.15, 0.2) is 43.0 Å². The fourth-order valence-corrected chi connectivity index (χ4v) is 3.76. The Balaban J connectivity index is 2.09. The summed E-state index contributed by atoms with van der Waals surface area (Å²) in [5.41, 5.74) is 2.32. The van der Waals surface area contributed by atoms with Crippen molar-refractivity contribution in [3.8, 4) is 0 Å². The van der Waals surface area contributed by atoms with Crippen LogP contribution in [0.3, 0.4) is 0 Å². The molecule has 4 N–H and O–H groups in total. The highest BCUT2D eigenvalue weighted by Crippen LogP contribution is 2.35. The van der Waals surface area contributed by atoms with Gasteiger partial charge in [-0.1, -0.05) is 49.6 Å². The second-order valence-corrected chi connectivity index (χ2v) is 7.01. The van der Waals surface area contributed by atoms with Gasteiger partial charge in [0, 0.05) is 12.6 Å². The number of amides is 1. The van der Waals surface area contributed by atoms with Gasteiger partial charge in [-0.05, 0) is 42.4 Å². The molecule has 0 unspecified atom stereocenters. The minimum atomic E-state index is -0.986. The van der Waals surface area contributed by atoms with Gasteiger partial charge in [0.05, 0.1) is 0 Å². The van der Waals surface area contributed by atoms with Crippen LogP contribution in [-0.2, 0) is 16.1 Å². The molecule has 6 heteroatoms. The average Bonchev–Trinajstić information content (AvgIpc) is 2.70. The molecular formula is C21H28N2O4. The van der Waals surface area contributed by atoms with E-state index in [1.165, 1.54) is 18.0 Å². The molecule has 1 aliphatic carbocycles. The standard InChI is InChI=1S/C21H28N2O4/c1-2-14-21(20(25)26,18-6-4-3-5-7-18)22-15-17-10-8-16(9-11-17)12-13-19(24)23-27/h2,8-13,18,22,27H,1,3-7,14-15H2,(H,23,24)(H,25,26)/b13-12+/t21-/m0/s1. The van der Waals surface area contributed by atoms with Crippen molar-refractivity contribution in [3.63, 3.8) is 0 Å². The van der Waals surface area contributed by atoms with Gasteiger partial charge in [0.2, 0.25) is 0 Å². The van der Waals surface area contributed by atoms with E-state index in [0.717, 1.165) is 36.8 Å². The van der Waals surface area contributed by atoms with E-state index in [9.17, 15) is 14.7 Å². The second-order valence-electron chi connectivity index (χ2n) is 7.01. The zero-order chi connectivity index (χ0) is 19.7. The molecule has 1 aromatic carbocycles. The van der Waals surface area contributed by atoms with E-state index in [0.29, 0.717) is 13.0 Å². The van der Waals surface area contributed by atoms with E-state index in [2.05, 4.69) is 11.9 Å². The Hall–Kier alpha value is -2.44. The lowest BCUT2D eigenvalue weighted by atomic mass is 9.72. The number of hydrogen-bond acceptors (Lipinski definition) is 4. The van der Waals surface area contributed by atoms with Crippen LogP contribution in [0.1, 0.15) is 49.7 Å². The molecule has 27 heavy (non-hydrogen) atoms. The molecule has 0 bridgehead atoms. The van der Waals surface area contributed by atoms with Crippen molar-refractivity contribution in [2.24, 2.45) is 5.92 Å². The maximum Gasteiger partial charge on any atom is 0.324 e. The van der Waals surface area contributed by atoms with Gasteiger partial charge in [-0.2, -0.15) is 0 Å². The predicted octanol–water partition coefficient (Wildman–Crippen LogP) is 3.27. The smallest absolute Gasteiger partial charge is 0.324 e. The molecule has 6 nitrogen and oxygen atoms in total. The number of rotatable bonds is 9. The molecule has 1 saturated carbocycles. The van der Waals surface area contributed by atoms with Crippen LogP contribution in [0.4, 0.5) is 0 Å². The number of benzene rings is 1. The minimum Gasteiger partial charge on any atom is -0.480 e. The SMILES string of the molecule is C=CC[C@@](NCc1ccc(/C=C/C(=O)NO)cc1)(C(=O)O)C1CCCCC1. The van der Waals surface area contributed by atoms with Gasteiger partial charge in [-0.15, -0.1) is 6.58 Å². The molecule has 1 fully saturated rings. The van der Waals surface area contributed by atoms with E-state index >= 15 is 0 Å². The van der Waals surface area contributed by atoms with Gasteiger partial charge in [0.15, 0.2) is 0 Å². The third kappa shape index (κ3) is 5.52. The Labute approximate surface area is 159 Å². The van der Waals surface area contributed by atoms with Crippen LogP contribution in [0.25, 0.3) is 6.08 Å². The summed E-state index contributed by atoms with van der Waals surface area (Å²) in [7, 11) is 0. The highest BCUT2D eigenvalue weighted by molar-refractivity contribution is 5.90. The number of hydrogen-bond donors (Lipinski definition) is 4. The van der Waals surface area contributed by atoms with Gasteiger partial charge in [-0.3, -0.25) is 20.1 Å². The third-order valence-electron chi connectivity index (χ3n) is 5.28. The summed E-state index contributed by atoms with van der Waals surface area (Å²) in [5, 5.41) is 21.8. The molecule has 146 valence electrons. The predicted molar refractivity (Wildman–Crippen MR) is 104 cm³/mol. The summed E-state index contributed by atoms with van der Waals surface area (Å²) in [6.45, 7) is 4.21. The van der Waals surface area contributed by atoms with Gasteiger partial charge in [0.25, 0.3) is 5.91 Å². The summed E-state index contributed by atoms with van der Waals surface area (Å²) in [5.74, 6) is -1.31. The third-order valence-corrected chi connectivity index (χ3v) is 5.28. The van der Waals surface area contributed by atoms with Crippen LogP contribution in [0, 0.1) is 5.92 Å². The summed E-state index contributed by atoms with van der Waals surface area (Å²) < 4.78 is 0. The lowest BCUT2D eigenvalue weighted by molar-refractivity contribution is -0.148. The Bertz CT molecular complexity index is 678. The molecule has 0 aromatic heterocycles. The molecule has 1 atom stereocenters. The number of carbonyl (C=O) groups is 2. The maximum absolute atomic E-state index is 12.2. The molecule has 0 aliphatic heterocycles. The van der Waals surface area contributed by atoms with Crippen molar-refractivity contribution < 1.29 is 19.9 Å². The van der Waals surface area contributed by atoms with Gasteiger partial charge >= 0.3 is 5.97 Å². The Kier molecular flexibility index (Phi) is 7.76. The van der Waals surface area contributed by atoms with Crippen LogP contribution >= 0.6 is 0 Å². The Morgan fingerprint density at radius 2 is 1.85 bits per heavy atom. The minimum absolute atomic E-state index is 0.0981. The normalized spacial score (nSPS) is 17.4. The highest BCUT2D eigenvalue weighted by atomic mass is 16.5. The topological polar surface area (TPSA) is 98.7 Å². The van der Waals surface area contributed by atoms with E-state index in [4.69, 9.17) is 5.21 Å². The first-order valence-electron chi connectivity index (χ1n) is 9.32. The van der Waals surface area contributed by atoms with Crippen molar-refractivity contribution in [1.82, 2.24) is 10.8 Å². The van der Waals surface area contributed by atoms with Crippen molar-refractivity contribution in [2.75, 3.05) is 0 Å². The van der Waals surface area contributed by atoms with Gasteiger partial charge < -0.3 is 5.11 Å². The van der Waals surface area contributed by atoms with E-state index < -0.39 is 17.4 Å². The number of aliphatic carboxylic acids is 1. The molecule has 2 rings (SSSR count). The monoisotopic (exact) mass is 372 g/mol. The van der Waals surface area contributed by atoms with Crippen molar-refractivity contribution in [1.29, 1.82) is 0 Å². The fraction of sp³-hybridized carbons (Fsp3) is 0.429. The number of hydroxylamine groups is 1. The van der Waals surface area contributed by atoms with Gasteiger partial charge in [-0.25, -0.2) is 5.48 Å². The summed E-state index contributed by atoms with van der Waals surface area (Å²) in [6, 6.07) is 7.47. The number of nitrogens with one attached hydrogen (secondary N) is 2. The van der Waals surface area contributed by atoms with E-state index in [-0.39, 0.29) is 5.92 Å². The van der Waals surface area contributed by atoms with Crippen molar-refractivity contribution >= 4 is 18.0 Å². The lowest BCUT2D eigenvalue weighted by Gasteiger charge is -2.39. The summed E-state index contributed by atoms with van der Waals surface area (Å²) >= 11 is 0. The molecule has 0 radical (unpaired) electrons. The molecular weight excluding hydrogens is 344 g/mol. The molecule has 0 spiro atoms. The molecule has 1 aliphatic rings. The number of carboxylic acid groups (broad SMARTS) is 1. The molecule has 0 saturated heterocycles. The quantitative estimate of drug-likeness (QED) is 0.231. The summed E-state index contributed by atoms with van der Waals surface area (Å²) in [4.78, 5) is 23.2. The highest BCUT2D eigenvalue weighted by Gasteiger charge is 2.44. The zero-order valence-corrected chi connectivity index (χ0v) is 15.5. The first-order valence-corrected chi connectivity index (χ1v) is 9.32. The molecule has 1 amide bonds. The Morgan fingerprint density at radius 1 is 1.19 bits per heavy atom. The first kappa shape index (κ1) is 20.9. The van der Waals surface area contributed by atoms with Crippen LogP contribution < -0.4 is 10.8 Å². The average molecular weight is 372 g/mol. The van der Waals surface area contributed by atoms with Gasteiger partial charge in [0.1, 0.15) is 5.54 Å². The lowest BCUT2D eigenvalue weighted by Crippen LogP contribution is -2.57. The zero-order valence-electron chi connectivity index (χ0n) is 15.5. The largest absolute Gasteiger partial charge is 0.480 e. The summed E-state index contributed by atoms with van der Waals surface area (Å²) in [6.07, 6.45) is 10.1.